The van der Waals surface area contributed by atoms with Gasteiger partial charge >= 0.3 is 29.6 Å². The first-order valence-electron chi connectivity index (χ1n) is 5.83. The fraction of sp³-hybridized carbons (Fsp3) is 0.250. The number of aryl methyl sites for hydroxylation is 3. The Balaban J connectivity index is -0.000000240. The number of aliphatic hydroxyl groups excluding tert-OH is 1. The fourth-order valence-electron chi connectivity index (χ4n) is 1.34. The van der Waals surface area contributed by atoms with Crippen molar-refractivity contribution >= 4 is 0 Å². The molecule has 106 valence electrons. The van der Waals surface area contributed by atoms with Crippen molar-refractivity contribution in [3.8, 4) is 5.75 Å². The van der Waals surface area contributed by atoms with E-state index in [0.717, 1.165) is 18.2 Å². The molecule has 0 saturated carbocycles. The van der Waals surface area contributed by atoms with Crippen LogP contribution in [-0.2, 0) is 0 Å². The second kappa shape index (κ2) is 14.6. The Bertz CT molecular complexity index is 424. The molecular formula is C16H23NaO3. The summed E-state index contributed by atoms with van der Waals surface area (Å²) in [4.78, 5) is 0. The van der Waals surface area contributed by atoms with E-state index in [9.17, 15) is 5.11 Å². The zero-order valence-corrected chi connectivity index (χ0v) is 15.0. The summed E-state index contributed by atoms with van der Waals surface area (Å²) >= 11 is 0. The number of aromatic hydroxyl groups is 1. The molecule has 0 fully saturated rings. The summed E-state index contributed by atoms with van der Waals surface area (Å²) in [6.07, 6.45) is 0. The van der Waals surface area contributed by atoms with Crippen LogP contribution in [0.15, 0.2) is 48.5 Å². The van der Waals surface area contributed by atoms with Gasteiger partial charge in [0.25, 0.3) is 0 Å². The molecule has 0 unspecified atom stereocenters. The van der Waals surface area contributed by atoms with Crippen LogP contribution in [0.2, 0.25) is 0 Å². The van der Waals surface area contributed by atoms with Crippen LogP contribution >= 0.6 is 0 Å². The van der Waals surface area contributed by atoms with Crippen LogP contribution in [0.25, 0.3) is 0 Å². The normalized spacial score (nSPS) is 7.65. The molecule has 2 rings (SSSR count). The Labute approximate surface area is 143 Å². The molecule has 20 heavy (non-hydrogen) atoms. The summed E-state index contributed by atoms with van der Waals surface area (Å²) in [5.74, 6) is 0.414. The van der Waals surface area contributed by atoms with Crippen molar-refractivity contribution in [3.63, 3.8) is 0 Å². The summed E-state index contributed by atoms with van der Waals surface area (Å²) < 4.78 is 0. The monoisotopic (exact) mass is 286 g/mol. The summed E-state index contributed by atoms with van der Waals surface area (Å²) in [6, 6.07) is 16.0. The number of phenolic OH excluding ortho intramolecular Hbond substituents is 1. The smallest absolute Gasteiger partial charge is 0.870 e. The van der Waals surface area contributed by atoms with E-state index in [1.807, 2.05) is 50.2 Å². The number of hydrogen-bond donors (Lipinski definition) is 2. The molecule has 0 bridgehead atoms. The molecule has 0 spiro atoms. The second-order valence-electron chi connectivity index (χ2n) is 3.90. The minimum Gasteiger partial charge on any atom is -0.870 e. The summed E-state index contributed by atoms with van der Waals surface area (Å²) in [7, 11) is 1.00. The van der Waals surface area contributed by atoms with Crippen LogP contribution in [0.3, 0.4) is 0 Å². The van der Waals surface area contributed by atoms with Crippen LogP contribution in [0.5, 0.6) is 5.75 Å². The largest absolute Gasteiger partial charge is 1.00 e. The maximum absolute atomic E-state index is 9.21. The van der Waals surface area contributed by atoms with E-state index in [4.69, 9.17) is 5.11 Å². The van der Waals surface area contributed by atoms with Gasteiger partial charge in [-0.3, -0.25) is 0 Å². The SMILES string of the molecule is CO.Cc1cccc(C)c1O.Cc1ccccc1.[Na+].[OH-]. The zero-order chi connectivity index (χ0) is 14.0. The summed E-state index contributed by atoms with van der Waals surface area (Å²) in [5, 5.41) is 16.2. The molecule has 0 radical (unpaired) electrons. The summed E-state index contributed by atoms with van der Waals surface area (Å²) in [6.45, 7) is 5.87. The first-order chi connectivity index (χ1) is 8.61. The molecule has 0 heterocycles. The summed E-state index contributed by atoms with van der Waals surface area (Å²) in [5.41, 5.74) is 3.20. The van der Waals surface area contributed by atoms with Gasteiger partial charge in [0, 0.05) is 7.11 Å². The minimum absolute atomic E-state index is 0. The van der Waals surface area contributed by atoms with E-state index in [-0.39, 0.29) is 35.0 Å². The van der Waals surface area contributed by atoms with Gasteiger partial charge in [0.05, 0.1) is 0 Å². The average molecular weight is 286 g/mol. The van der Waals surface area contributed by atoms with Crippen LogP contribution in [0, 0.1) is 20.8 Å². The third-order valence-corrected chi connectivity index (χ3v) is 2.38. The molecule has 0 saturated heterocycles. The Morgan fingerprint density at radius 2 is 1.10 bits per heavy atom. The Morgan fingerprint density at radius 3 is 1.35 bits per heavy atom. The van der Waals surface area contributed by atoms with Gasteiger partial charge in [-0.15, -0.1) is 0 Å². The van der Waals surface area contributed by atoms with Crippen LogP contribution in [-0.4, -0.2) is 22.8 Å². The van der Waals surface area contributed by atoms with Crippen molar-refractivity contribution in [2.45, 2.75) is 20.8 Å². The first-order valence-corrected chi connectivity index (χ1v) is 5.83. The van der Waals surface area contributed by atoms with E-state index in [1.165, 1.54) is 5.56 Å². The van der Waals surface area contributed by atoms with Crippen molar-refractivity contribution in [1.82, 2.24) is 0 Å². The van der Waals surface area contributed by atoms with Gasteiger partial charge in [-0.05, 0) is 31.9 Å². The molecule has 2 aromatic carbocycles. The third-order valence-electron chi connectivity index (χ3n) is 2.38. The molecular weight excluding hydrogens is 263 g/mol. The van der Waals surface area contributed by atoms with Gasteiger partial charge in [0.1, 0.15) is 5.75 Å². The zero-order valence-electron chi connectivity index (χ0n) is 13.0. The standard InChI is InChI=1S/C8H10O.C7H8.CH4O.Na.H2O/c1-6-4-3-5-7(2)8(6)9;1-7-5-3-2-4-6-7;1-2;;/h3-5,9H,1-2H3;2-6H,1H3;2H,1H3;;1H2/q;;;+1;/p-1. The Morgan fingerprint density at radius 1 is 0.700 bits per heavy atom. The van der Waals surface area contributed by atoms with Crippen molar-refractivity contribution in [2.24, 2.45) is 0 Å². The molecule has 3 N–H and O–H groups in total. The van der Waals surface area contributed by atoms with Crippen molar-refractivity contribution in [2.75, 3.05) is 7.11 Å². The molecule has 0 aromatic heterocycles. The molecule has 2 aromatic rings. The minimum atomic E-state index is 0. The quantitative estimate of drug-likeness (QED) is 0.690. The maximum atomic E-state index is 9.21. The molecule has 0 amide bonds. The van der Waals surface area contributed by atoms with Gasteiger partial charge in [-0.2, -0.15) is 0 Å². The number of aliphatic hydroxyl groups is 1. The van der Waals surface area contributed by atoms with E-state index >= 15 is 0 Å². The van der Waals surface area contributed by atoms with Gasteiger partial charge in [-0.25, -0.2) is 0 Å². The topological polar surface area (TPSA) is 70.5 Å². The molecule has 0 aliphatic carbocycles. The van der Waals surface area contributed by atoms with Gasteiger partial charge < -0.3 is 15.7 Å². The number of para-hydroxylation sites is 1. The average Bonchev–Trinajstić information content (AvgIpc) is 2.40. The van der Waals surface area contributed by atoms with E-state index < -0.39 is 0 Å². The molecule has 0 aliphatic heterocycles. The van der Waals surface area contributed by atoms with E-state index in [0.29, 0.717) is 5.75 Å². The Hall–Kier alpha value is -0.840. The molecule has 3 nitrogen and oxygen atoms in total. The maximum Gasteiger partial charge on any atom is 1.00 e. The van der Waals surface area contributed by atoms with Crippen molar-refractivity contribution < 1.29 is 45.2 Å². The Kier molecular flexibility index (Phi) is 17.6. The first kappa shape index (κ1) is 24.2. The van der Waals surface area contributed by atoms with Gasteiger partial charge in [-0.1, -0.05) is 54.1 Å². The molecule has 0 aliphatic rings. The molecule has 4 heteroatoms. The third kappa shape index (κ3) is 10.0. The van der Waals surface area contributed by atoms with Crippen LogP contribution in [0.4, 0.5) is 0 Å². The van der Waals surface area contributed by atoms with Crippen molar-refractivity contribution in [3.05, 3.63) is 65.2 Å². The van der Waals surface area contributed by atoms with E-state index in [1.54, 1.807) is 0 Å². The number of rotatable bonds is 0. The van der Waals surface area contributed by atoms with E-state index in [2.05, 4.69) is 19.1 Å². The number of phenols is 1. The van der Waals surface area contributed by atoms with Crippen LogP contribution in [0.1, 0.15) is 16.7 Å². The van der Waals surface area contributed by atoms with Crippen molar-refractivity contribution in [1.29, 1.82) is 0 Å². The predicted molar refractivity (Wildman–Crippen MR) is 78.8 cm³/mol. The predicted octanol–water partition coefficient (Wildman–Crippen LogP) is 0.440. The van der Waals surface area contributed by atoms with Gasteiger partial charge in [0.2, 0.25) is 0 Å². The second-order valence-corrected chi connectivity index (χ2v) is 3.90. The molecule has 0 atom stereocenters. The fourth-order valence-corrected chi connectivity index (χ4v) is 1.34. The number of benzene rings is 2. The number of hydrogen-bond acceptors (Lipinski definition) is 3. The van der Waals surface area contributed by atoms with Crippen LogP contribution < -0.4 is 29.6 Å². The van der Waals surface area contributed by atoms with Gasteiger partial charge in [0.15, 0.2) is 0 Å².